The Labute approximate surface area is 172 Å². The number of carbonyl (C=O) groups excluding carboxylic acids is 1. The number of carbonyl (C=O) groups is 1. The van der Waals surface area contributed by atoms with Crippen LogP contribution in [0.25, 0.3) is 0 Å². The number of esters is 1. The SMILES string of the molecule is COC1CCn2cc(C(=O)OCc3csc(Cc4ccc(Cl)cc4)n3)nc2C1. The summed E-state index contributed by atoms with van der Waals surface area (Å²) in [7, 11) is 1.70. The lowest BCUT2D eigenvalue weighted by molar-refractivity contribution is 0.0461. The molecule has 0 spiro atoms. The molecule has 3 aromatic rings. The minimum Gasteiger partial charge on any atom is -0.454 e. The highest BCUT2D eigenvalue weighted by atomic mass is 35.5. The number of rotatable bonds is 6. The monoisotopic (exact) mass is 417 g/mol. The molecule has 0 saturated carbocycles. The summed E-state index contributed by atoms with van der Waals surface area (Å²) in [5.74, 6) is 0.437. The number of thiazole rings is 1. The van der Waals surface area contributed by atoms with Gasteiger partial charge in [0.2, 0.25) is 0 Å². The van der Waals surface area contributed by atoms with Gasteiger partial charge >= 0.3 is 5.97 Å². The zero-order valence-corrected chi connectivity index (χ0v) is 17.0. The van der Waals surface area contributed by atoms with Gasteiger partial charge in [-0.1, -0.05) is 23.7 Å². The molecule has 6 nitrogen and oxygen atoms in total. The van der Waals surface area contributed by atoms with Crippen molar-refractivity contribution in [2.45, 2.75) is 38.5 Å². The second kappa shape index (κ2) is 8.43. The second-order valence-corrected chi connectivity index (χ2v) is 8.08. The summed E-state index contributed by atoms with van der Waals surface area (Å²) in [6.45, 7) is 0.938. The van der Waals surface area contributed by atoms with Crippen LogP contribution in [0.2, 0.25) is 5.02 Å². The zero-order valence-electron chi connectivity index (χ0n) is 15.4. The van der Waals surface area contributed by atoms with Crippen LogP contribution in [0.15, 0.2) is 35.8 Å². The number of hydrogen-bond donors (Lipinski definition) is 0. The van der Waals surface area contributed by atoms with Crippen LogP contribution in [0.3, 0.4) is 0 Å². The fourth-order valence-corrected chi connectivity index (χ4v) is 4.12. The number of nitrogens with zero attached hydrogens (tertiary/aromatic N) is 3. The summed E-state index contributed by atoms with van der Waals surface area (Å²) in [6, 6.07) is 7.70. The van der Waals surface area contributed by atoms with Crippen molar-refractivity contribution in [1.29, 1.82) is 0 Å². The molecule has 0 bridgehead atoms. The van der Waals surface area contributed by atoms with Gasteiger partial charge in [-0.25, -0.2) is 14.8 Å². The Balaban J connectivity index is 1.33. The molecule has 1 atom stereocenters. The highest BCUT2D eigenvalue weighted by molar-refractivity contribution is 7.09. The van der Waals surface area contributed by atoms with Gasteiger partial charge < -0.3 is 14.0 Å². The van der Waals surface area contributed by atoms with Crippen molar-refractivity contribution < 1.29 is 14.3 Å². The molecular weight excluding hydrogens is 398 g/mol. The van der Waals surface area contributed by atoms with E-state index in [1.54, 1.807) is 24.6 Å². The van der Waals surface area contributed by atoms with Crippen LogP contribution >= 0.6 is 22.9 Å². The topological polar surface area (TPSA) is 66.2 Å². The van der Waals surface area contributed by atoms with Crippen LogP contribution in [-0.4, -0.2) is 33.7 Å². The Kier molecular flexibility index (Phi) is 5.75. The number of aryl methyl sites for hydroxylation is 1. The summed E-state index contributed by atoms with van der Waals surface area (Å²) in [5, 5.41) is 3.60. The van der Waals surface area contributed by atoms with Crippen molar-refractivity contribution in [3.05, 3.63) is 68.6 Å². The van der Waals surface area contributed by atoms with Crippen LogP contribution in [0.5, 0.6) is 0 Å². The number of hydrogen-bond acceptors (Lipinski definition) is 6. The molecule has 1 aliphatic rings. The Morgan fingerprint density at radius 3 is 2.93 bits per heavy atom. The first-order valence-corrected chi connectivity index (χ1v) is 10.3. The molecule has 146 valence electrons. The van der Waals surface area contributed by atoms with Crippen LogP contribution < -0.4 is 0 Å². The van der Waals surface area contributed by atoms with Crippen molar-refractivity contribution in [3.63, 3.8) is 0 Å². The number of imidazole rings is 1. The molecule has 3 heterocycles. The van der Waals surface area contributed by atoms with Gasteiger partial charge in [-0.3, -0.25) is 0 Å². The maximum atomic E-state index is 12.4. The maximum Gasteiger partial charge on any atom is 0.358 e. The van der Waals surface area contributed by atoms with E-state index in [0.717, 1.165) is 41.5 Å². The summed E-state index contributed by atoms with van der Waals surface area (Å²) < 4.78 is 12.8. The summed E-state index contributed by atoms with van der Waals surface area (Å²) in [6.07, 6.45) is 4.28. The van der Waals surface area contributed by atoms with Gasteiger partial charge in [-0.15, -0.1) is 11.3 Å². The van der Waals surface area contributed by atoms with E-state index in [2.05, 4.69) is 9.97 Å². The lowest BCUT2D eigenvalue weighted by atomic mass is 10.1. The van der Waals surface area contributed by atoms with Gasteiger partial charge in [-0.05, 0) is 24.1 Å². The van der Waals surface area contributed by atoms with Gasteiger partial charge in [0.15, 0.2) is 5.69 Å². The van der Waals surface area contributed by atoms with Crippen LogP contribution in [0.1, 0.15) is 39.0 Å². The number of methoxy groups -OCH3 is 1. The summed E-state index contributed by atoms with van der Waals surface area (Å²) in [5.41, 5.74) is 2.22. The van der Waals surface area contributed by atoms with Gasteiger partial charge in [0, 0.05) is 43.1 Å². The fraction of sp³-hybridized carbons (Fsp3) is 0.350. The normalized spacial score (nSPS) is 16.0. The first-order valence-electron chi connectivity index (χ1n) is 9.04. The Bertz CT molecular complexity index is 967. The van der Waals surface area contributed by atoms with Crippen molar-refractivity contribution in [2.24, 2.45) is 0 Å². The summed E-state index contributed by atoms with van der Waals surface area (Å²) >= 11 is 7.47. The molecule has 0 fully saturated rings. The van der Waals surface area contributed by atoms with Gasteiger partial charge in [0.05, 0.1) is 16.8 Å². The first-order chi connectivity index (χ1) is 13.6. The molecule has 0 radical (unpaired) electrons. The van der Waals surface area contributed by atoms with Gasteiger partial charge in [-0.2, -0.15) is 0 Å². The third-order valence-electron chi connectivity index (χ3n) is 4.72. The zero-order chi connectivity index (χ0) is 19.5. The third kappa shape index (κ3) is 4.43. The van der Waals surface area contributed by atoms with E-state index in [9.17, 15) is 4.79 Å². The van der Waals surface area contributed by atoms with Crippen LogP contribution in [0.4, 0.5) is 0 Å². The standard InChI is InChI=1S/C20H20ClN3O3S/c1-26-16-6-7-24-10-17(23-18(24)9-16)20(25)27-11-15-12-28-19(22-15)8-13-2-4-14(21)5-3-13/h2-5,10,12,16H,6-9,11H2,1H3. The molecule has 28 heavy (non-hydrogen) atoms. The Hall–Kier alpha value is -2.22. The van der Waals surface area contributed by atoms with Crippen LogP contribution in [-0.2, 0) is 35.5 Å². The minimum atomic E-state index is -0.428. The molecular formula is C20H20ClN3O3S. The minimum absolute atomic E-state index is 0.138. The average molecular weight is 418 g/mol. The second-order valence-electron chi connectivity index (χ2n) is 6.70. The quantitative estimate of drug-likeness (QED) is 0.569. The largest absolute Gasteiger partial charge is 0.454 e. The van der Waals surface area contributed by atoms with E-state index >= 15 is 0 Å². The lowest BCUT2D eigenvalue weighted by Crippen LogP contribution is -2.24. The molecule has 2 aromatic heterocycles. The smallest absolute Gasteiger partial charge is 0.358 e. The predicted octanol–water partition coefficient (Wildman–Crippen LogP) is 3.90. The Morgan fingerprint density at radius 1 is 1.32 bits per heavy atom. The van der Waals surface area contributed by atoms with E-state index in [0.29, 0.717) is 17.1 Å². The molecule has 0 amide bonds. The molecule has 1 unspecified atom stereocenters. The van der Waals surface area contributed by atoms with Crippen LogP contribution in [0, 0.1) is 0 Å². The van der Waals surface area contributed by atoms with E-state index in [1.807, 2.05) is 34.2 Å². The third-order valence-corrected chi connectivity index (χ3v) is 5.87. The van der Waals surface area contributed by atoms with Crippen molar-refractivity contribution >= 4 is 28.9 Å². The molecule has 1 aromatic carbocycles. The predicted molar refractivity (Wildman–Crippen MR) is 107 cm³/mol. The van der Waals surface area contributed by atoms with Gasteiger partial charge in [0.1, 0.15) is 12.4 Å². The number of ether oxygens (including phenoxy) is 2. The van der Waals surface area contributed by atoms with E-state index in [1.165, 1.54) is 0 Å². The van der Waals surface area contributed by atoms with Crippen molar-refractivity contribution in [3.8, 4) is 0 Å². The summed E-state index contributed by atoms with van der Waals surface area (Å²) in [4.78, 5) is 21.3. The van der Waals surface area contributed by atoms with E-state index in [-0.39, 0.29) is 12.7 Å². The highest BCUT2D eigenvalue weighted by Gasteiger charge is 2.23. The van der Waals surface area contributed by atoms with Crippen molar-refractivity contribution in [2.75, 3.05) is 7.11 Å². The Morgan fingerprint density at radius 2 is 2.14 bits per heavy atom. The molecule has 0 saturated heterocycles. The molecule has 1 aliphatic heterocycles. The molecule has 0 aliphatic carbocycles. The van der Waals surface area contributed by atoms with Crippen molar-refractivity contribution in [1.82, 2.24) is 14.5 Å². The molecule has 4 rings (SSSR count). The number of halogens is 1. The fourth-order valence-electron chi connectivity index (χ4n) is 3.19. The number of benzene rings is 1. The van der Waals surface area contributed by atoms with E-state index < -0.39 is 5.97 Å². The number of fused-ring (bicyclic) bond motifs is 1. The molecule has 8 heteroatoms. The molecule has 0 N–H and O–H groups in total. The highest BCUT2D eigenvalue weighted by Crippen LogP contribution is 2.19. The van der Waals surface area contributed by atoms with Gasteiger partial charge in [0.25, 0.3) is 0 Å². The first kappa shape index (κ1) is 19.1. The van der Waals surface area contributed by atoms with E-state index in [4.69, 9.17) is 21.1 Å². The maximum absolute atomic E-state index is 12.4. The average Bonchev–Trinajstić information content (AvgIpc) is 3.34. The number of aromatic nitrogens is 3. The lowest BCUT2D eigenvalue weighted by Gasteiger charge is -2.21.